The summed E-state index contributed by atoms with van der Waals surface area (Å²) >= 11 is 1.13. The monoisotopic (exact) mass is 413 g/mol. The number of hydrogen-bond acceptors (Lipinski definition) is 3. The van der Waals surface area contributed by atoms with E-state index in [9.17, 15) is 18.4 Å². The molecule has 0 unspecified atom stereocenters. The van der Waals surface area contributed by atoms with Crippen LogP contribution in [0.5, 0.6) is 0 Å². The lowest BCUT2D eigenvalue weighted by molar-refractivity contribution is -0.120. The van der Waals surface area contributed by atoms with Gasteiger partial charge in [0.1, 0.15) is 16.3 Å². The molecule has 150 valence electrons. The minimum Gasteiger partial charge on any atom is -0.294 e. The highest BCUT2D eigenvalue weighted by Gasteiger charge is 2.19. The zero-order chi connectivity index (χ0) is 21.2. The number of thiazole rings is 1. The molecular formula is C23H21F2NO2S. The molecule has 0 atom stereocenters. The lowest BCUT2D eigenvalue weighted by Crippen LogP contribution is -2.33. The Morgan fingerprint density at radius 3 is 2.48 bits per heavy atom. The van der Waals surface area contributed by atoms with E-state index in [-0.39, 0.29) is 17.9 Å². The molecule has 2 aromatic carbocycles. The molecule has 29 heavy (non-hydrogen) atoms. The highest BCUT2D eigenvalue weighted by Crippen LogP contribution is 2.15. The zero-order valence-corrected chi connectivity index (χ0v) is 17.2. The van der Waals surface area contributed by atoms with Crippen molar-refractivity contribution >= 4 is 29.3 Å². The van der Waals surface area contributed by atoms with E-state index in [1.807, 2.05) is 0 Å². The van der Waals surface area contributed by atoms with Gasteiger partial charge in [0.25, 0.3) is 5.56 Å². The van der Waals surface area contributed by atoms with E-state index in [2.05, 4.69) is 0 Å². The number of nitrogens with zero attached hydrogens (tertiary/aromatic N) is 1. The van der Waals surface area contributed by atoms with E-state index in [1.165, 1.54) is 28.8 Å². The third kappa shape index (κ3) is 4.95. The molecule has 0 N–H and O–H groups in total. The maximum Gasteiger partial charge on any atom is 0.269 e. The second kappa shape index (κ2) is 8.25. The predicted molar refractivity (Wildman–Crippen MR) is 112 cm³/mol. The molecule has 0 radical (unpaired) electrons. The van der Waals surface area contributed by atoms with Crippen molar-refractivity contribution in [3.8, 4) is 0 Å². The number of rotatable bonds is 4. The third-order valence-electron chi connectivity index (χ3n) is 4.36. The third-order valence-corrected chi connectivity index (χ3v) is 5.42. The Labute approximate surface area is 171 Å². The van der Waals surface area contributed by atoms with E-state index in [4.69, 9.17) is 0 Å². The first-order valence-electron chi connectivity index (χ1n) is 9.11. The van der Waals surface area contributed by atoms with Crippen LogP contribution in [0.25, 0.3) is 12.2 Å². The number of Topliss-reactive ketones (excluding diaryl/α,β-unsaturated/α-hetero) is 1. The van der Waals surface area contributed by atoms with Crippen LogP contribution < -0.4 is 14.8 Å². The van der Waals surface area contributed by atoms with Crippen molar-refractivity contribution in [3.05, 3.63) is 90.8 Å². The van der Waals surface area contributed by atoms with Gasteiger partial charge in [-0.15, -0.1) is 11.3 Å². The van der Waals surface area contributed by atoms with Crippen LogP contribution in [0.1, 0.15) is 31.9 Å². The Morgan fingerprint density at radius 2 is 1.83 bits per heavy atom. The second-order valence-electron chi connectivity index (χ2n) is 7.75. The van der Waals surface area contributed by atoms with E-state index < -0.39 is 17.0 Å². The topological polar surface area (TPSA) is 39.1 Å². The second-order valence-corrected chi connectivity index (χ2v) is 8.81. The van der Waals surface area contributed by atoms with Crippen LogP contribution in [0, 0.1) is 17.0 Å². The van der Waals surface area contributed by atoms with Crippen LogP contribution >= 0.6 is 11.3 Å². The van der Waals surface area contributed by atoms with Crippen molar-refractivity contribution in [1.29, 1.82) is 0 Å². The molecule has 1 aromatic heterocycles. The van der Waals surface area contributed by atoms with Crippen LogP contribution in [0.15, 0.2) is 53.3 Å². The number of carbonyl (C=O) groups excluding carboxylic acids is 1. The highest BCUT2D eigenvalue weighted by atomic mass is 32.1. The average molecular weight is 413 g/mol. The first-order valence-corrected chi connectivity index (χ1v) is 9.93. The van der Waals surface area contributed by atoms with Crippen molar-refractivity contribution in [2.45, 2.75) is 27.3 Å². The maximum atomic E-state index is 14.1. The van der Waals surface area contributed by atoms with Crippen molar-refractivity contribution in [2.75, 3.05) is 0 Å². The summed E-state index contributed by atoms with van der Waals surface area (Å²) < 4.78 is 29.8. The standard InChI is InChI=1S/C23H21F2NO2S/c1-23(2,3)20(27)13-21-26(14-16-8-4-5-10-18(16)25)22(28)19(29-21)12-15-7-6-9-17(24)11-15/h4-13H,14H2,1-3H3/b19-12-,21-13-. The van der Waals surface area contributed by atoms with Gasteiger partial charge in [-0.3, -0.25) is 14.2 Å². The predicted octanol–water partition coefficient (Wildman–Crippen LogP) is 3.46. The highest BCUT2D eigenvalue weighted by molar-refractivity contribution is 7.07. The van der Waals surface area contributed by atoms with Crippen molar-refractivity contribution in [3.63, 3.8) is 0 Å². The quantitative estimate of drug-likeness (QED) is 0.657. The van der Waals surface area contributed by atoms with Crippen molar-refractivity contribution in [2.24, 2.45) is 5.41 Å². The number of aromatic nitrogens is 1. The number of ketones is 1. The van der Waals surface area contributed by atoms with Gasteiger partial charge in [0, 0.05) is 17.1 Å². The summed E-state index contributed by atoms with van der Waals surface area (Å²) in [5, 5.41) is 0. The number of carbonyl (C=O) groups is 1. The van der Waals surface area contributed by atoms with Gasteiger partial charge >= 0.3 is 0 Å². The van der Waals surface area contributed by atoms with Crippen molar-refractivity contribution in [1.82, 2.24) is 4.57 Å². The van der Waals surface area contributed by atoms with Crippen LogP contribution in [0.4, 0.5) is 8.78 Å². The Bertz CT molecular complexity index is 1230. The molecule has 0 fully saturated rings. The van der Waals surface area contributed by atoms with E-state index >= 15 is 0 Å². The van der Waals surface area contributed by atoms with Crippen molar-refractivity contribution < 1.29 is 13.6 Å². The van der Waals surface area contributed by atoms with E-state index in [0.717, 1.165) is 11.3 Å². The summed E-state index contributed by atoms with van der Waals surface area (Å²) in [7, 11) is 0. The van der Waals surface area contributed by atoms with Crippen LogP contribution in [-0.2, 0) is 11.3 Å². The molecule has 0 aliphatic rings. The number of halogens is 2. The molecule has 0 aliphatic carbocycles. The fraction of sp³-hybridized carbons (Fsp3) is 0.217. The molecule has 0 spiro atoms. The van der Waals surface area contributed by atoms with E-state index in [0.29, 0.717) is 20.3 Å². The molecule has 3 rings (SSSR count). The Kier molecular flexibility index (Phi) is 5.94. The molecule has 0 aliphatic heterocycles. The summed E-state index contributed by atoms with van der Waals surface area (Å²) in [5.41, 5.74) is -0.0805. The molecule has 0 bridgehead atoms. The Morgan fingerprint density at radius 1 is 1.10 bits per heavy atom. The van der Waals surface area contributed by atoms with Gasteiger partial charge in [0.2, 0.25) is 0 Å². The minimum absolute atomic E-state index is 0.00224. The molecule has 3 aromatic rings. The molecule has 6 heteroatoms. The normalized spacial score (nSPS) is 13.1. The van der Waals surface area contributed by atoms with Gasteiger partial charge in [-0.1, -0.05) is 51.1 Å². The summed E-state index contributed by atoms with van der Waals surface area (Å²) in [5.74, 6) is -0.968. The maximum absolute atomic E-state index is 14.1. The first-order chi connectivity index (χ1) is 13.6. The summed E-state index contributed by atoms with van der Waals surface area (Å²) in [6, 6.07) is 12.1. The molecular weight excluding hydrogens is 392 g/mol. The van der Waals surface area contributed by atoms with Crippen LogP contribution in [0.2, 0.25) is 0 Å². The smallest absolute Gasteiger partial charge is 0.269 e. The van der Waals surface area contributed by atoms with E-state index in [1.54, 1.807) is 57.2 Å². The van der Waals surface area contributed by atoms with Gasteiger partial charge in [-0.2, -0.15) is 0 Å². The SMILES string of the molecule is CC(C)(C)C(=O)/C=c1\s/c(=C\c2cccc(F)c2)c(=O)n1Cc1ccccc1F. The Balaban J connectivity index is 2.21. The average Bonchev–Trinajstić information content (AvgIpc) is 2.91. The minimum atomic E-state index is -0.616. The number of hydrogen-bond donors (Lipinski definition) is 0. The van der Waals surface area contributed by atoms with Gasteiger partial charge in [-0.25, -0.2) is 8.78 Å². The lowest BCUT2D eigenvalue weighted by Gasteiger charge is -2.13. The van der Waals surface area contributed by atoms with Gasteiger partial charge in [0.15, 0.2) is 5.78 Å². The fourth-order valence-corrected chi connectivity index (χ4v) is 3.71. The Hall–Kier alpha value is -2.86. The molecule has 0 amide bonds. The molecule has 0 saturated heterocycles. The van der Waals surface area contributed by atoms with Crippen LogP contribution in [-0.4, -0.2) is 10.4 Å². The first kappa shape index (κ1) is 20.9. The largest absolute Gasteiger partial charge is 0.294 e. The zero-order valence-electron chi connectivity index (χ0n) is 16.4. The lowest BCUT2D eigenvalue weighted by atomic mass is 9.91. The van der Waals surface area contributed by atoms with Gasteiger partial charge in [-0.05, 0) is 29.8 Å². The van der Waals surface area contributed by atoms with Gasteiger partial charge in [0.05, 0.1) is 11.1 Å². The van der Waals surface area contributed by atoms with Crippen LogP contribution in [0.3, 0.4) is 0 Å². The van der Waals surface area contributed by atoms with Gasteiger partial charge < -0.3 is 0 Å². The summed E-state index contributed by atoms with van der Waals surface area (Å²) in [6.07, 6.45) is 3.00. The molecule has 1 heterocycles. The fourth-order valence-electron chi connectivity index (χ4n) is 2.67. The molecule has 3 nitrogen and oxygen atoms in total. The summed E-state index contributed by atoms with van der Waals surface area (Å²) in [6.45, 7) is 5.37. The summed E-state index contributed by atoms with van der Waals surface area (Å²) in [4.78, 5) is 25.6. The number of benzene rings is 2. The molecule has 0 saturated carbocycles.